The Kier molecular flexibility index (Phi) is 11.6. The Labute approximate surface area is 129 Å². The van der Waals surface area contributed by atoms with Crippen LogP contribution in [0, 0.1) is 11.8 Å². The van der Waals surface area contributed by atoms with E-state index >= 15 is 0 Å². The lowest BCUT2D eigenvalue weighted by molar-refractivity contribution is -0.121. The molecule has 0 fully saturated rings. The second-order valence-electron chi connectivity index (χ2n) is 6.58. The van der Waals surface area contributed by atoms with E-state index in [2.05, 4.69) is 38.3 Å². The first-order valence-corrected chi connectivity index (χ1v) is 8.08. The van der Waals surface area contributed by atoms with Gasteiger partial charge in [0, 0.05) is 26.1 Å². The van der Waals surface area contributed by atoms with Gasteiger partial charge in [-0.3, -0.25) is 4.79 Å². The molecular weight excluding hydrogens is 268 g/mol. The number of rotatable bonds is 12. The zero-order valence-electron chi connectivity index (χ0n) is 14.3. The normalized spacial score (nSPS) is 14.5. The Bertz CT molecular complexity index is 270. The molecule has 0 aliphatic carbocycles. The third-order valence-electron chi connectivity index (χ3n) is 2.99. The van der Waals surface area contributed by atoms with Crippen LogP contribution in [-0.4, -0.2) is 49.5 Å². The number of aliphatic hydroxyl groups excluding tert-OH is 1. The van der Waals surface area contributed by atoms with Crippen LogP contribution in [-0.2, 0) is 9.53 Å². The molecule has 0 saturated carbocycles. The van der Waals surface area contributed by atoms with E-state index in [-0.39, 0.29) is 12.0 Å². The minimum Gasteiger partial charge on any atom is -0.389 e. The van der Waals surface area contributed by atoms with Crippen LogP contribution in [0.25, 0.3) is 0 Å². The molecule has 0 aromatic rings. The van der Waals surface area contributed by atoms with Gasteiger partial charge < -0.3 is 20.5 Å². The van der Waals surface area contributed by atoms with Gasteiger partial charge in [-0.2, -0.15) is 0 Å². The highest BCUT2D eigenvalue weighted by atomic mass is 16.5. The van der Waals surface area contributed by atoms with Crippen molar-refractivity contribution < 1.29 is 14.6 Å². The first-order valence-electron chi connectivity index (χ1n) is 8.08. The maximum atomic E-state index is 11.5. The molecule has 126 valence electrons. The molecule has 21 heavy (non-hydrogen) atoms. The summed E-state index contributed by atoms with van der Waals surface area (Å²) in [4.78, 5) is 11.5. The number of nitrogens with one attached hydrogen (secondary N) is 2. The van der Waals surface area contributed by atoms with Crippen molar-refractivity contribution in [3.63, 3.8) is 0 Å². The molecular formula is C16H34N2O3. The fourth-order valence-electron chi connectivity index (χ4n) is 1.94. The van der Waals surface area contributed by atoms with Gasteiger partial charge in [-0.1, -0.05) is 27.7 Å². The van der Waals surface area contributed by atoms with E-state index in [0.717, 1.165) is 6.42 Å². The first kappa shape index (κ1) is 20.3. The van der Waals surface area contributed by atoms with Gasteiger partial charge in [0.15, 0.2) is 0 Å². The van der Waals surface area contributed by atoms with Crippen molar-refractivity contribution in [1.29, 1.82) is 0 Å². The van der Waals surface area contributed by atoms with Crippen LogP contribution in [0.15, 0.2) is 0 Å². The largest absolute Gasteiger partial charge is 0.389 e. The van der Waals surface area contributed by atoms with Crippen molar-refractivity contribution >= 4 is 5.91 Å². The van der Waals surface area contributed by atoms with Crippen LogP contribution >= 0.6 is 0 Å². The Balaban J connectivity index is 3.53. The van der Waals surface area contributed by atoms with E-state index in [0.29, 0.717) is 44.5 Å². The molecule has 0 saturated heterocycles. The summed E-state index contributed by atoms with van der Waals surface area (Å²) < 4.78 is 5.59. The third kappa shape index (κ3) is 14.1. The van der Waals surface area contributed by atoms with Crippen molar-refractivity contribution in [1.82, 2.24) is 10.6 Å². The Morgan fingerprint density at radius 3 is 2.33 bits per heavy atom. The van der Waals surface area contributed by atoms with Gasteiger partial charge in [0.05, 0.1) is 18.8 Å². The molecule has 0 spiro atoms. The van der Waals surface area contributed by atoms with E-state index in [1.54, 1.807) is 0 Å². The molecule has 0 aromatic carbocycles. The highest BCUT2D eigenvalue weighted by Crippen LogP contribution is 2.07. The molecule has 0 rings (SSSR count). The van der Waals surface area contributed by atoms with Crippen LogP contribution in [0.3, 0.4) is 0 Å². The van der Waals surface area contributed by atoms with Crippen molar-refractivity contribution in [3.8, 4) is 0 Å². The molecule has 0 aromatic heterocycles. The van der Waals surface area contributed by atoms with E-state index in [1.165, 1.54) is 0 Å². The van der Waals surface area contributed by atoms with Crippen molar-refractivity contribution in [2.45, 2.75) is 59.7 Å². The molecule has 0 heterocycles. The van der Waals surface area contributed by atoms with Crippen molar-refractivity contribution in [2.24, 2.45) is 11.8 Å². The molecule has 1 amide bonds. The van der Waals surface area contributed by atoms with Crippen LogP contribution < -0.4 is 10.6 Å². The summed E-state index contributed by atoms with van der Waals surface area (Å²) >= 11 is 0. The maximum Gasteiger partial charge on any atom is 0.221 e. The highest BCUT2D eigenvalue weighted by Gasteiger charge is 2.09. The number of amides is 1. The Hall–Kier alpha value is -0.650. The molecule has 0 radical (unpaired) electrons. The summed E-state index contributed by atoms with van der Waals surface area (Å²) in [6.45, 7) is 12.5. The summed E-state index contributed by atoms with van der Waals surface area (Å²) in [5, 5.41) is 15.7. The molecule has 2 unspecified atom stereocenters. The van der Waals surface area contributed by atoms with E-state index in [4.69, 9.17) is 4.74 Å². The van der Waals surface area contributed by atoms with Crippen LogP contribution in [0.2, 0.25) is 0 Å². The standard InChI is InChI=1S/C16H34N2O3/c1-12(2)8-14(5)21-11-15(19)10-17-7-6-16(20)18-9-13(3)4/h12-15,17,19H,6-11H2,1-5H3,(H,18,20). The summed E-state index contributed by atoms with van der Waals surface area (Å²) in [6.07, 6.45) is 1.07. The van der Waals surface area contributed by atoms with Crippen molar-refractivity contribution in [3.05, 3.63) is 0 Å². The van der Waals surface area contributed by atoms with E-state index < -0.39 is 6.10 Å². The monoisotopic (exact) mass is 302 g/mol. The number of ether oxygens (including phenoxy) is 1. The average Bonchev–Trinajstić information content (AvgIpc) is 2.38. The minimum atomic E-state index is -0.529. The number of carbonyl (C=O) groups is 1. The summed E-state index contributed by atoms with van der Waals surface area (Å²) in [7, 11) is 0. The lowest BCUT2D eigenvalue weighted by atomic mass is 10.1. The van der Waals surface area contributed by atoms with Gasteiger partial charge in [-0.05, 0) is 25.2 Å². The minimum absolute atomic E-state index is 0.0486. The Morgan fingerprint density at radius 2 is 1.76 bits per heavy atom. The molecule has 0 aliphatic heterocycles. The molecule has 5 heteroatoms. The zero-order valence-corrected chi connectivity index (χ0v) is 14.3. The molecule has 3 N–H and O–H groups in total. The Morgan fingerprint density at radius 1 is 1.10 bits per heavy atom. The topological polar surface area (TPSA) is 70.6 Å². The highest BCUT2D eigenvalue weighted by molar-refractivity contribution is 5.76. The van der Waals surface area contributed by atoms with E-state index in [9.17, 15) is 9.90 Å². The maximum absolute atomic E-state index is 11.5. The van der Waals surface area contributed by atoms with Crippen molar-refractivity contribution in [2.75, 3.05) is 26.2 Å². The van der Waals surface area contributed by atoms with Gasteiger partial charge in [-0.25, -0.2) is 0 Å². The van der Waals surface area contributed by atoms with E-state index in [1.807, 2.05) is 6.92 Å². The zero-order chi connectivity index (χ0) is 16.3. The smallest absolute Gasteiger partial charge is 0.221 e. The van der Waals surface area contributed by atoms with Gasteiger partial charge in [-0.15, -0.1) is 0 Å². The van der Waals surface area contributed by atoms with Crippen LogP contribution in [0.1, 0.15) is 47.5 Å². The molecule has 0 bridgehead atoms. The fourth-order valence-corrected chi connectivity index (χ4v) is 1.94. The molecule has 5 nitrogen and oxygen atoms in total. The second kappa shape index (κ2) is 12.0. The SMILES string of the molecule is CC(C)CNC(=O)CCNCC(O)COC(C)CC(C)C. The third-order valence-corrected chi connectivity index (χ3v) is 2.99. The van der Waals surface area contributed by atoms with Crippen LogP contribution in [0.4, 0.5) is 0 Å². The summed E-state index contributed by atoms with van der Waals surface area (Å²) in [5.74, 6) is 1.11. The number of hydrogen-bond donors (Lipinski definition) is 3. The summed E-state index contributed by atoms with van der Waals surface area (Å²) in [6, 6.07) is 0. The van der Waals surface area contributed by atoms with Crippen LogP contribution in [0.5, 0.6) is 0 Å². The number of aliphatic hydroxyl groups is 1. The fraction of sp³-hybridized carbons (Fsp3) is 0.938. The number of carbonyl (C=O) groups excluding carboxylic acids is 1. The average molecular weight is 302 g/mol. The van der Waals surface area contributed by atoms with Gasteiger partial charge in [0.1, 0.15) is 0 Å². The second-order valence-corrected chi connectivity index (χ2v) is 6.58. The predicted octanol–water partition coefficient (Wildman–Crippen LogP) is 1.55. The van der Waals surface area contributed by atoms with Gasteiger partial charge in [0.2, 0.25) is 5.91 Å². The lowest BCUT2D eigenvalue weighted by Crippen LogP contribution is -2.35. The quantitative estimate of drug-likeness (QED) is 0.478. The lowest BCUT2D eigenvalue weighted by Gasteiger charge is -2.18. The number of hydrogen-bond acceptors (Lipinski definition) is 4. The molecule has 0 aliphatic rings. The van der Waals surface area contributed by atoms with Gasteiger partial charge in [0.25, 0.3) is 0 Å². The first-order chi connectivity index (χ1) is 9.81. The summed E-state index contributed by atoms with van der Waals surface area (Å²) in [5.41, 5.74) is 0. The van der Waals surface area contributed by atoms with Gasteiger partial charge >= 0.3 is 0 Å². The molecule has 2 atom stereocenters. The predicted molar refractivity (Wildman–Crippen MR) is 86.2 cm³/mol.